The van der Waals surface area contributed by atoms with Gasteiger partial charge in [0.2, 0.25) is 0 Å². The molecule has 2 nitrogen and oxygen atoms in total. The molecule has 0 amide bonds. The van der Waals surface area contributed by atoms with E-state index in [1.807, 2.05) is 6.92 Å². The van der Waals surface area contributed by atoms with Gasteiger partial charge in [0.1, 0.15) is 0 Å². The highest BCUT2D eigenvalue weighted by atomic mass is 19.1. The van der Waals surface area contributed by atoms with Crippen LogP contribution in [-0.4, -0.2) is 13.7 Å². The van der Waals surface area contributed by atoms with Crippen LogP contribution < -0.4 is 10.5 Å². The van der Waals surface area contributed by atoms with E-state index in [1.54, 1.807) is 18.2 Å². The molecule has 1 atom stereocenters. The van der Waals surface area contributed by atoms with Crippen LogP contribution in [0.1, 0.15) is 12.5 Å². The minimum atomic E-state index is -0.268. The van der Waals surface area contributed by atoms with Gasteiger partial charge in [-0.3, -0.25) is 0 Å². The zero-order chi connectivity index (χ0) is 10.6. The van der Waals surface area contributed by atoms with Crippen molar-refractivity contribution in [3.8, 4) is 5.75 Å². The van der Waals surface area contributed by atoms with E-state index in [4.69, 9.17) is 10.5 Å². The third kappa shape index (κ3) is 2.45. The summed E-state index contributed by atoms with van der Waals surface area (Å²) < 4.78 is 18.5. The van der Waals surface area contributed by atoms with E-state index in [2.05, 4.69) is 0 Å². The van der Waals surface area contributed by atoms with Crippen LogP contribution in [0.25, 0.3) is 0 Å². The smallest absolute Gasteiger partial charge is 0.168 e. The molecule has 1 aromatic rings. The van der Waals surface area contributed by atoms with E-state index in [0.717, 1.165) is 0 Å². The first-order valence-electron chi connectivity index (χ1n) is 4.70. The number of hydrogen-bond acceptors (Lipinski definition) is 2. The summed E-state index contributed by atoms with van der Waals surface area (Å²) in [6.07, 6.45) is 0.652. The van der Waals surface area contributed by atoms with E-state index in [9.17, 15) is 4.39 Å². The van der Waals surface area contributed by atoms with Crippen LogP contribution in [0.4, 0.5) is 4.39 Å². The predicted octanol–water partition coefficient (Wildman–Crippen LogP) is 1.97. The minimum absolute atomic E-state index is 0.268. The Morgan fingerprint density at radius 2 is 2.21 bits per heavy atom. The summed E-state index contributed by atoms with van der Waals surface area (Å²) in [5, 5.41) is 0. The molecule has 1 rings (SSSR count). The van der Waals surface area contributed by atoms with Gasteiger partial charge >= 0.3 is 0 Å². The summed E-state index contributed by atoms with van der Waals surface area (Å²) in [6, 6.07) is 5.18. The van der Waals surface area contributed by atoms with Crippen LogP contribution in [0.2, 0.25) is 0 Å². The van der Waals surface area contributed by atoms with E-state index in [-0.39, 0.29) is 11.7 Å². The average molecular weight is 197 g/mol. The van der Waals surface area contributed by atoms with Crippen molar-refractivity contribution >= 4 is 0 Å². The molecule has 1 aromatic carbocycles. The first kappa shape index (κ1) is 11.0. The number of halogens is 1. The lowest BCUT2D eigenvalue weighted by Gasteiger charge is -2.10. The van der Waals surface area contributed by atoms with Crippen molar-refractivity contribution in [2.45, 2.75) is 13.3 Å². The first-order valence-corrected chi connectivity index (χ1v) is 4.70. The molecule has 0 aliphatic heterocycles. The molecule has 14 heavy (non-hydrogen) atoms. The molecule has 0 saturated heterocycles. The van der Waals surface area contributed by atoms with Crippen molar-refractivity contribution in [1.29, 1.82) is 0 Å². The SMILES string of the molecule is COc1cccc(CC(C)CN)c1F. The molecule has 3 heteroatoms. The second-order valence-corrected chi connectivity index (χ2v) is 3.48. The van der Waals surface area contributed by atoms with Gasteiger partial charge in [-0.1, -0.05) is 19.1 Å². The minimum Gasteiger partial charge on any atom is -0.494 e. The number of hydrogen-bond donors (Lipinski definition) is 1. The lowest BCUT2D eigenvalue weighted by Crippen LogP contribution is -2.14. The molecular weight excluding hydrogens is 181 g/mol. The van der Waals surface area contributed by atoms with Crippen LogP contribution in [0.5, 0.6) is 5.75 Å². The Morgan fingerprint density at radius 3 is 2.79 bits per heavy atom. The van der Waals surface area contributed by atoms with E-state index in [1.165, 1.54) is 7.11 Å². The standard InChI is InChI=1S/C11H16FNO/c1-8(7-13)6-9-4-3-5-10(14-2)11(9)12/h3-5,8H,6-7,13H2,1-2H3. The second-order valence-electron chi connectivity index (χ2n) is 3.48. The van der Waals surface area contributed by atoms with Crippen LogP contribution >= 0.6 is 0 Å². The molecule has 0 aromatic heterocycles. The van der Waals surface area contributed by atoms with Crippen molar-refractivity contribution in [1.82, 2.24) is 0 Å². The van der Waals surface area contributed by atoms with Gasteiger partial charge in [-0.25, -0.2) is 4.39 Å². The van der Waals surface area contributed by atoms with Crippen LogP contribution in [0.15, 0.2) is 18.2 Å². The van der Waals surface area contributed by atoms with Gasteiger partial charge in [0.25, 0.3) is 0 Å². The molecular formula is C11H16FNO. The van der Waals surface area contributed by atoms with Gasteiger partial charge in [0, 0.05) is 0 Å². The van der Waals surface area contributed by atoms with Crippen molar-refractivity contribution < 1.29 is 9.13 Å². The Hall–Kier alpha value is -1.09. The Kier molecular flexibility index (Phi) is 3.89. The van der Waals surface area contributed by atoms with Gasteiger partial charge in [-0.2, -0.15) is 0 Å². The maximum Gasteiger partial charge on any atom is 0.168 e. The predicted molar refractivity (Wildman–Crippen MR) is 54.9 cm³/mol. The topological polar surface area (TPSA) is 35.2 Å². The molecule has 0 heterocycles. The summed E-state index contributed by atoms with van der Waals surface area (Å²) in [5.74, 6) is 0.318. The molecule has 0 aliphatic carbocycles. The molecule has 0 fully saturated rings. The van der Waals surface area contributed by atoms with E-state index >= 15 is 0 Å². The average Bonchev–Trinajstić information content (AvgIpc) is 2.21. The van der Waals surface area contributed by atoms with Gasteiger partial charge in [0.05, 0.1) is 7.11 Å². The Morgan fingerprint density at radius 1 is 1.50 bits per heavy atom. The Balaban J connectivity index is 2.86. The van der Waals surface area contributed by atoms with Crippen molar-refractivity contribution in [3.63, 3.8) is 0 Å². The highest BCUT2D eigenvalue weighted by molar-refractivity contribution is 5.31. The van der Waals surface area contributed by atoms with Crippen LogP contribution in [0.3, 0.4) is 0 Å². The number of methoxy groups -OCH3 is 1. The molecule has 0 bridgehead atoms. The molecule has 0 radical (unpaired) electrons. The third-order valence-electron chi connectivity index (χ3n) is 2.23. The molecule has 1 unspecified atom stereocenters. The largest absolute Gasteiger partial charge is 0.494 e. The summed E-state index contributed by atoms with van der Waals surface area (Å²) >= 11 is 0. The maximum absolute atomic E-state index is 13.6. The van der Waals surface area contributed by atoms with Crippen molar-refractivity contribution in [3.05, 3.63) is 29.6 Å². The fraction of sp³-hybridized carbons (Fsp3) is 0.455. The number of ether oxygens (including phenoxy) is 1. The lowest BCUT2D eigenvalue weighted by atomic mass is 10.0. The summed E-state index contributed by atoms with van der Waals surface area (Å²) in [5.41, 5.74) is 6.16. The first-order chi connectivity index (χ1) is 6.69. The van der Waals surface area contributed by atoms with Gasteiger partial charge < -0.3 is 10.5 Å². The van der Waals surface area contributed by atoms with Crippen molar-refractivity contribution in [2.75, 3.05) is 13.7 Å². The van der Waals surface area contributed by atoms with Gasteiger partial charge in [0.15, 0.2) is 11.6 Å². The highest BCUT2D eigenvalue weighted by Gasteiger charge is 2.10. The van der Waals surface area contributed by atoms with E-state index in [0.29, 0.717) is 24.3 Å². The Bertz CT molecular complexity index is 301. The fourth-order valence-electron chi connectivity index (χ4n) is 1.33. The van der Waals surface area contributed by atoms with E-state index < -0.39 is 0 Å². The highest BCUT2D eigenvalue weighted by Crippen LogP contribution is 2.21. The molecule has 78 valence electrons. The fourth-order valence-corrected chi connectivity index (χ4v) is 1.33. The zero-order valence-electron chi connectivity index (χ0n) is 8.59. The van der Waals surface area contributed by atoms with Gasteiger partial charge in [-0.15, -0.1) is 0 Å². The van der Waals surface area contributed by atoms with Crippen molar-refractivity contribution in [2.24, 2.45) is 11.7 Å². The molecule has 0 saturated carbocycles. The molecule has 0 aliphatic rings. The second kappa shape index (κ2) is 4.96. The normalized spacial score (nSPS) is 12.6. The Labute approximate surface area is 83.9 Å². The third-order valence-corrected chi connectivity index (χ3v) is 2.23. The number of rotatable bonds is 4. The number of benzene rings is 1. The zero-order valence-corrected chi connectivity index (χ0v) is 8.59. The molecule has 0 spiro atoms. The van der Waals surface area contributed by atoms with Crippen LogP contribution in [0, 0.1) is 11.7 Å². The summed E-state index contributed by atoms with van der Waals surface area (Å²) in [7, 11) is 1.47. The summed E-state index contributed by atoms with van der Waals surface area (Å²) in [4.78, 5) is 0. The number of nitrogens with two attached hydrogens (primary N) is 1. The monoisotopic (exact) mass is 197 g/mol. The molecule has 2 N–H and O–H groups in total. The van der Waals surface area contributed by atoms with Gasteiger partial charge in [-0.05, 0) is 30.5 Å². The quantitative estimate of drug-likeness (QED) is 0.801. The summed E-state index contributed by atoms with van der Waals surface area (Å²) in [6.45, 7) is 2.57. The maximum atomic E-state index is 13.6. The van der Waals surface area contributed by atoms with Crippen LogP contribution in [-0.2, 0) is 6.42 Å². The lowest BCUT2D eigenvalue weighted by molar-refractivity contribution is 0.382.